The molecule has 0 unspecified atom stereocenters. The van der Waals surface area contributed by atoms with Crippen molar-refractivity contribution in [2.24, 2.45) is 0 Å². The Labute approximate surface area is 154 Å². The first kappa shape index (κ1) is 17.8. The number of esters is 1. The zero-order chi connectivity index (χ0) is 19.2. The predicted molar refractivity (Wildman–Crippen MR) is 93.8 cm³/mol. The molecule has 2 aromatic carbocycles. The van der Waals surface area contributed by atoms with Crippen molar-refractivity contribution in [2.45, 2.75) is 13.0 Å². The highest BCUT2D eigenvalue weighted by atomic mass is 16.5. The maximum atomic E-state index is 12.2. The topological polar surface area (TPSA) is 123 Å². The van der Waals surface area contributed by atoms with Gasteiger partial charge in [-0.2, -0.15) is 5.26 Å². The molecule has 27 heavy (non-hydrogen) atoms. The van der Waals surface area contributed by atoms with Gasteiger partial charge in [0.05, 0.1) is 22.9 Å². The van der Waals surface area contributed by atoms with Gasteiger partial charge in [0.25, 0.3) is 5.91 Å². The van der Waals surface area contributed by atoms with Crippen LogP contribution in [0.2, 0.25) is 0 Å². The largest absolute Gasteiger partial charge is 0.449 e. The molecule has 0 saturated carbocycles. The van der Waals surface area contributed by atoms with Gasteiger partial charge in [0.1, 0.15) is 6.33 Å². The standard InChI is InChI=1S/C18H14N6O3/c1-12(17(25)21-15-6-2-13(10-19)3-7-15)27-18(26)14-4-8-16(9-5-14)24-11-20-22-23-24/h2-9,11-12H,1H3,(H,21,25)/t12-/m0/s1. The highest BCUT2D eigenvalue weighted by Gasteiger charge is 2.19. The van der Waals surface area contributed by atoms with E-state index in [9.17, 15) is 9.59 Å². The van der Waals surface area contributed by atoms with Crippen molar-refractivity contribution < 1.29 is 14.3 Å². The quantitative estimate of drug-likeness (QED) is 0.685. The van der Waals surface area contributed by atoms with Crippen molar-refractivity contribution in [1.82, 2.24) is 20.2 Å². The summed E-state index contributed by atoms with van der Waals surface area (Å²) in [5.74, 6) is -1.10. The van der Waals surface area contributed by atoms with Gasteiger partial charge >= 0.3 is 5.97 Å². The van der Waals surface area contributed by atoms with Gasteiger partial charge in [0, 0.05) is 5.69 Å². The van der Waals surface area contributed by atoms with E-state index in [-0.39, 0.29) is 0 Å². The number of hydrogen-bond donors (Lipinski definition) is 1. The monoisotopic (exact) mass is 362 g/mol. The second-order valence-corrected chi connectivity index (χ2v) is 5.53. The maximum absolute atomic E-state index is 12.2. The Balaban J connectivity index is 1.59. The van der Waals surface area contributed by atoms with Crippen LogP contribution in [0, 0.1) is 11.3 Å². The number of ether oxygens (including phenoxy) is 1. The van der Waals surface area contributed by atoms with E-state index < -0.39 is 18.0 Å². The number of nitriles is 1. The van der Waals surface area contributed by atoms with Crippen LogP contribution in [0.4, 0.5) is 5.69 Å². The molecule has 3 aromatic rings. The van der Waals surface area contributed by atoms with Crippen molar-refractivity contribution >= 4 is 17.6 Å². The minimum absolute atomic E-state index is 0.296. The SMILES string of the molecule is C[C@H](OC(=O)c1ccc(-n2cnnn2)cc1)C(=O)Nc1ccc(C#N)cc1. The lowest BCUT2D eigenvalue weighted by Crippen LogP contribution is -2.30. The van der Waals surface area contributed by atoms with Crippen LogP contribution in [-0.4, -0.2) is 38.2 Å². The second kappa shape index (κ2) is 7.88. The molecule has 1 heterocycles. The molecule has 0 radical (unpaired) electrons. The average Bonchev–Trinajstić information content (AvgIpc) is 3.23. The minimum Gasteiger partial charge on any atom is -0.449 e. The molecule has 0 fully saturated rings. The maximum Gasteiger partial charge on any atom is 0.338 e. The number of tetrazole rings is 1. The lowest BCUT2D eigenvalue weighted by molar-refractivity contribution is -0.123. The molecule has 3 rings (SSSR count). The van der Waals surface area contributed by atoms with Crippen LogP contribution in [0.15, 0.2) is 54.9 Å². The Morgan fingerprint density at radius 2 is 1.85 bits per heavy atom. The Morgan fingerprint density at radius 3 is 2.44 bits per heavy atom. The highest BCUT2D eigenvalue weighted by molar-refractivity contribution is 5.97. The molecule has 0 bridgehead atoms. The lowest BCUT2D eigenvalue weighted by Gasteiger charge is -2.13. The first-order valence-corrected chi connectivity index (χ1v) is 7.92. The Bertz CT molecular complexity index is 975. The van der Waals surface area contributed by atoms with Crippen LogP contribution in [-0.2, 0) is 9.53 Å². The summed E-state index contributed by atoms with van der Waals surface area (Å²) in [5.41, 5.74) is 1.97. The zero-order valence-electron chi connectivity index (χ0n) is 14.2. The Kier molecular flexibility index (Phi) is 5.18. The predicted octanol–water partition coefficient (Wildman–Crippen LogP) is 1.72. The molecule has 9 nitrogen and oxygen atoms in total. The van der Waals surface area contributed by atoms with Crippen molar-refractivity contribution in [3.05, 3.63) is 66.0 Å². The Morgan fingerprint density at radius 1 is 1.15 bits per heavy atom. The van der Waals surface area contributed by atoms with Crippen LogP contribution < -0.4 is 5.32 Å². The molecule has 0 spiro atoms. The summed E-state index contributed by atoms with van der Waals surface area (Å²) in [5, 5.41) is 22.2. The van der Waals surface area contributed by atoms with Gasteiger partial charge in [-0.1, -0.05) is 0 Å². The highest BCUT2D eigenvalue weighted by Crippen LogP contribution is 2.12. The van der Waals surface area contributed by atoms with E-state index in [4.69, 9.17) is 10.00 Å². The fraction of sp³-hybridized carbons (Fsp3) is 0.111. The van der Waals surface area contributed by atoms with Gasteiger partial charge < -0.3 is 10.1 Å². The van der Waals surface area contributed by atoms with E-state index in [1.54, 1.807) is 48.5 Å². The molecule has 9 heteroatoms. The lowest BCUT2D eigenvalue weighted by atomic mass is 10.2. The Hall–Kier alpha value is -4.06. The first-order chi connectivity index (χ1) is 13.1. The van der Waals surface area contributed by atoms with Gasteiger partial charge in [0.15, 0.2) is 6.10 Å². The number of carbonyl (C=O) groups excluding carboxylic acids is 2. The van der Waals surface area contributed by atoms with Gasteiger partial charge in [-0.3, -0.25) is 4.79 Å². The number of nitrogens with one attached hydrogen (secondary N) is 1. The molecule has 0 aliphatic carbocycles. The van der Waals surface area contributed by atoms with E-state index in [1.807, 2.05) is 6.07 Å². The number of nitrogens with zero attached hydrogens (tertiary/aromatic N) is 5. The third-order valence-electron chi connectivity index (χ3n) is 3.65. The van der Waals surface area contributed by atoms with Crippen molar-refractivity contribution in [1.29, 1.82) is 5.26 Å². The van der Waals surface area contributed by atoms with Crippen molar-refractivity contribution in [2.75, 3.05) is 5.32 Å². The number of anilines is 1. The summed E-state index contributed by atoms with van der Waals surface area (Å²) in [6.45, 7) is 1.48. The minimum atomic E-state index is -0.993. The molecule has 0 saturated heterocycles. The fourth-order valence-corrected chi connectivity index (χ4v) is 2.18. The van der Waals surface area contributed by atoms with Crippen LogP contribution in [0.1, 0.15) is 22.8 Å². The number of benzene rings is 2. The van der Waals surface area contributed by atoms with E-state index in [1.165, 1.54) is 17.9 Å². The summed E-state index contributed by atoms with van der Waals surface area (Å²) in [6, 6.07) is 14.8. The van der Waals surface area contributed by atoms with E-state index in [2.05, 4.69) is 20.8 Å². The number of hydrogen-bond acceptors (Lipinski definition) is 7. The van der Waals surface area contributed by atoms with Gasteiger partial charge in [-0.25, -0.2) is 9.48 Å². The fourth-order valence-electron chi connectivity index (χ4n) is 2.18. The smallest absolute Gasteiger partial charge is 0.338 e. The molecule has 1 atom stereocenters. The molecule has 1 N–H and O–H groups in total. The summed E-state index contributed by atoms with van der Waals surface area (Å²) in [7, 11) is 0. The molecule has 134 valence electrons. The normalized spacial score (nSPS) is 11.3. The summed E-state index contributed by atoms with van der Waals surface area (Å²) >= 11 is 0. The molecule has 0 aliphatic heterocycles. The van der Waals surface area contributed by atoms with Gasteiger partial charge in [-0.05, 0) is 65.9 Å². The number of rotatable bonds is 5. The van der Waals surface area contributed by atoms with Crippen LogP contribution in [0.3, 0.4) is 0 Å². The van der Waals surface area contributed by atoms with Gasteiger partial charge in [-0.15, -0.1) is 5.10 Å². The molecule has 1 aromatic heterocycles. The summed E-state index contributed by atoms with van der Waals surface area (Å²) in [4.78, 5) is 24.4. The summed E-state index contributed by atoms with van der Waals surface area (Å²) < 4.78 is 6.64. The molecule has 0 aliphatic rings. The average molecular weight is 362 g/mol. The second-order valence-electron chi connectivity index (χ2n) is 5.53. The van der Waals surface area contributed by atoms with E-state index >= 15 is 0 Å². The van der Waals surface area contributed by atoms with E-state index in [0.29, 0.717) is 22.5 Å². The summed E-state index contributed by atoms with van der Waals surface area (Å²) in [6.07, 6.45) is 0.440. The molecule has 1 amide bonds. The van der Waals surface area contributed by atoms with Crippen molar-refractivity contribution in [3.63, 3.8) is 0 Å². The van der Waals surface area contributed by atoms with Gasteiger partial charge in [0.2, 0.25) is 0 Å². The first-order valence-electron chi connectivity index (χ1n) is 7.92. The third kappa shape index (κ3) is 4.32. The van der Waals surface area contributed by atoms with Crippen LogP contribution in [0.5, 0.6) is 0 Å². The van der Waals surface area contributed by atoms with Crippen LogP contribution in [0.25, 0.3) is 5.69 Å². The molecular formula is C18H14N6O3. The number of amides is 1. The van der Waals surface area contributed by atoms with Crippen LogP contribution >= 0.6 is 0 Å². The number of aromatic nitrogens is 4. The third-order valence-corrected chi connectivity index (χ3v) is 3.65. The molecular weight excluding hydrogens is 348 g/mol. The van der Waals surface area contributed by atoms with E-state index in [0.717, 1.165) is 0 Å². The number of carbonyl (C=O) groups is 2. The van der Waals surface area contributed by atoms with Crippen molar-refractivity contribution in [3.8, 4) is 11.8 Å². The zero-order valence-corrected chi connectivity index (χ0v) is 14.2.